The lowest BCUT2D eigenvalue weighted by atomic mass is 9.44. The zero-order valence-corrected chi connectivity index (χ0v) is 48.7. The van der Waals surface area contributed by atoms with Crippen molar-refractivity contribution in [3.63, 3.8) is 0 Å². The minimum atomic E-state index is -2.59. The summed E-state index contributed by atoms with van der Waals surface area (Å²) in [5.41, 5.74) is -7.92. The van der Waals surface area contributed by atoms with Gasteiger partial charge in [0, 0.05) is 63.0 Å². The number of aliphatic carboxylic acids is 1. The van der Waals surface area contributed by atoms with Crippen LogP contribution in [0.3, 0.4) is 0 Å². The molecular weight excluding hydrogens is 1090 g/mol. The first-order chi connectivity index (χ1) is 39.5. The van der Waals surface area contributed by atoms with Gasteiger partial charge in [-0.05, 0) is 73.1 Å². The summed E-state index contributed by atoms with van der Waals surface area (Å²) in [4.78, 5) is 141. The van der Waals surface area contributed by atoms with Crippen molar-refractivity contribution in [1.29, 1.82) is 0 Å². The molecular formula is C62H74N2O20. The van der Waals surface area contributed by atoms with Crippen molar-refractivity contribution in [1.82, 2.24) is 10.6 Å². The van der Waals surface area contributed by atoms with Gasteiger partial charge >= 0.3 is 41.8 Å². The predicted octanol–water partition coefficient (Wildman–Crippen LogP) is 6.27. The van der Waals surface area contributed by atoms with Gasteiger partial charge in [0.1, 0.15) is 42.1 Å². The van der Waals surface area contributed by atoms with Crippen LogP contribution in [0.15, 0.2) is 101 Å². The highest BCUT2D eigenvalue weighted by Crippen LogP contribution is 2.65. The zero-order chi connectivity index (χ0) is 61.6. The summed E-state index contributed by atoms with van der Waals surface area (Å²) in [5, 5.41) is 29.2. The van der Waals surface area contributed by atoms with Gasteiger partial charge in [-0.15, -0.1) is 0 Å². The van der Waals surface area contributed by atoms with E-state index in [1.165, 1.54) is 70.6 Å². The number of carboxylic acids is 1. The maximum atomic E-state index is 16.4. The van der Waals surface area contributed by atoms with E-state index in [1.54, 1.807) is 70.2 Å². The maximum absolute atomic E-state index is 16.4. The highest BCUT2D eigenvalue weighted by molar-refractivity contribution is 5.97. The molecule has 1 aliphatic heterocycles. The summed E-state index contributed by atoms with van der Waals surface area (Å²) in [7, 11) is 0. The number of esters is 6. The Bertz CT molecular complexity index is 3040. The van der Waals surface area contributed by atoms with Gasteiger partial charge in [-0.3, -0.25) is 38.4 Å². The highest BCUT2D eigenvalue weighted by Gasteiger charge is 2.79. The fourth-order valence-corrected chi connectivity index (χ4v) is 12.2. The van der Waals surface area contributed by atoms with Crippen molar-refractivity contribution in [3.05, 3.63) is 113 Å². The van der Waals surface area contributed by atoms with Crippen LogP contribution in [0.25, 0.3) is 6.08 Å². The van der Waals surface area contributed by atoms with Crippen molar-refractivity contribution in [3.8, 4) is 0 Å². The number of nitrogens with one attached hydrogen (secondary N) is 2. The number of aliphatic hydroxyl groups is 1. The van der Waals surface area contributed by atoms with Crippen LogP contribution < -0.4 is 10.6 Å². The molecule has 3 aromatic rings. The molecule has 3 aliphatic carbocycles. The number of rotatable bonds is 22. The molecule has 3 fully saturated rings. The number of benzene rings is 2. The molecule has 2 amide bonds. The van der Waals surface area contributed by atoms with E-state index in [-0.39, 0.29) is 53.4 Å². The van der Waals surface area contributed by atoms with Crippen LogP contribution in [0.5, 0.6) is 0 Å². The Balaban J connectivity index is 1.41. The van der Waals surface area contributed by atoms with E-state index < -0.39 is 162 Å². The van der Waals surface area contributed by atoms with Gasteiger partial charge in [0.2, 0.25) is 17.9 Å². The van der Waals surface area contributed by atoms with Gasteiger partial charge in [-0.2, -0.15) is 0 Å². The Morgan fingerprint density at radius 1 is 0.810 bits per heavy atom. The van der Waals surface area contributed by atoms with Gasteiger partial charge in [-0.1, -0.05) is 90.1 Å². The second-order valence-electron chi connectivity index (χ2n) is 23.5. The van der Waals surface area contributed by atoms with Crippen LogP contribution >= 0.6 is 0 Å². The Kier molecular flexibility index (Phi) is 19.6. The van der Waals surface area contributed by atoms with E-state index in [2.05, 4.69) is 10.6 Å². The SMILES string of the molecule is CC(=O)O[C@H]1C(=O)[C@]2(C)[C@@H](OC(=O)CC(C)C)C[C@H]3OC[C@@]3(OC(C)=O)[C@H]2[C@H](OC(=O)c2ccccc2)[C@]2(O)C[C@H](OC(=O)[C@H](OC(=O)CC(C)C)[C@@H](NC(=O)[C@@H](CCC(=O)O)NC(=O)/C=C/c3ccoc3)c3ccccc3)C(C)=C1C2(C)C. The number of furan rings is 1. The van der Waals surface area contributed by atoms with E-state index in [1.807, 2.05) is 0 Å². The molecule has 22 nitrogen and oxygen atoms in total. The third-order valence-electron chi connectivity index (χ3n) is 16.3. The quantitative estimate of drug-likeness (QED) is 0.0373. The molecule has 452 valence electrons. The van der Waals surface area contributed by atoms with Crippen molar-refractivity contribution >= 4 is 65.5 Å². The number of ether oxygens (including phenoxy) is 7. The smallest absolute Gasteiger partial charge is 0.350 e. The van der Waals surface area contributed by atoms with Gasteiger partial charge in [0.05, 0.1) is 36.0 Å². The lowest BCUT2D eigenvalue weighted by molar-refractivity contribution is -0.346. The van der Waals surface area contributed by atoms with E-state index >= 15 is 9.59 Å². The average molecular weight is 1170 g/mol. The van der Waals surface area contributed by atoms with Gasteiger partial charge in [0.15, 0.2) is 17.5 Å². The number of carboxylic acid groups (broad SMARTS) is 1. The summed E-state index contributed by atoms with van der Waals surface area (Å²) < 4.78 is 48.8. The third kappa shape index (κ3) is 13.3. The lowest BCUT2D eigenvalue weighted by Crippen LogP contribution is -2.82. The van der Waals surface area contributed by atoms with Gasteiger partial charge in [-0.25, -0.2) is 9.59 Å². The monoisotopic (exact) mass is 1170 g/mol. The van der Waals surface area contributed by atoms with Crippen molar-refractivity contribution in [2.45, 2.75) is 168 Å². The minimum Gasteiger partial charge on any atom is -0.481 e. The predicted molar refractivity (Wildman–Crippen MR) is 295 cm³/mol. The molecule has 1 aromatic heterocycles. The summed E-state index contributed by atoms with van der Waals surface area (Å²) in [6.07, 6.45) is -7.49. The van der Waals surface area contributed by atoms with E-state index in [0.717, 1.165) is 19.9 Å². The molecule has 2 heterocycles. The standard InChI is InChI=1S/C62H74N2O20/c1-33(2)27-47(70)81-43-29-44-61(32-78-44,84-37(7)66)53-55(83-57(74)40-19-15-12-16-20-40)62(76)30-42(35(5)49(59(62,8)9)51(79-36(6)65)54(72)60(43,53)10)80-58(75)52(82-48(71)28-34(3)4)50(39-17-13-11-14-18-39)64-56(73)41(22-24-46(68)69)63-45(67)23-21-38-25-26-77-31-38/h11-21,23,25-26,31,33-34,41-44,50-53,55,76H,22,24,27-30,32H2,1-10H3,(H,63,67)(H,64,73)(H,68,69)/b23-21+/t41-,42+,43+,44-,50+,51-,52-,53+,55+,60-,61+,62-/m1/s1. The van der Waals surface area contributed by atoms with E-state index in [9.17, 15) is 48.6 Å². The topological polar surface area (TPSA) is 313 Å². The van der Waals surface area contributed by atoms with Crippen molar-refractivity contribution in [2.24, 2.45) is 28.6 Å². The first-order valence-electron chi connectivity index (χ1n) is 27.9. The zero-order valence-electron chi connectivity index (χ0n) is 48.7. The van der Waals surface area contributed by atoms with E-state index in [4.69, 9.17) is 37.6 Å². The molecule has 0 spiro atoms. The van der Waals surface area contributed by atoms with Crippen LogP contribution in [-0.2, 0) is 76.3 Å². The molecule has 2 saturated carbocycles. The molecule has 12 atom stereocenters. The highest BCUT2D eigenvalue weighted by atomic mass is 16.6. The molecule has 2 aromatic carbocycles. The number of fused-ring (bicyclic) bond motifs is 5. The van der Waals surface area contributed by atoms with E-state index in [0.29, 0.717) is 5.56 Å². The molecule has 1 saturated heterocycles. The van der Waals surface area contributed by atoms with Crippen LogP contribution in [0.2, 0.25) is 0 Å². The Labute approximate surface area is 486 Å². The molecule has 7 rings (SSSR count). The number of hydrogen-bond donors (Lipinski definition) is 4. The second-order valence-corrected chi connectivity index (χ2v) is 23.5. The van der Waals surface area contributed by atoms with Gasteiger partial charge in [0.25, 0.3) is 0 Å². The Morgan fingerprint density at radius 3 is 2.02 bits per heavy atom. The molecule has 22 heteroatoms. The largest absolute Gasteiger partial charge is 0.481 e. The fraction of sp³-hybridized carbons (Fsp3) is 0.516. The van der Waals surface area contributed by atoms with Crippen molar-refractivity contribution in [2.75, 3.05) is 6.61 Å². The molecule has 4 N–H and O–H groups in total. The molecule has 84 heavy (non-hydrogen) atoms. The minimum absolute atomic E-state index is 0.00766. The number of hydrogen-bond acceptors (Lipinski definition) is 19. The fourth-order valence-electron chi connectivity index (χ4n) is 12.2. The number of ketones is 1. The first-order valence-corrected chi connectivity index (χ1v) is 27.9. The third-order valence-corrected chi connectivity index (χ3v) is 16.3. The van der Waals surface area contributed by atoms with Crippen molar-refractivity contribution < 1.29 is 95.7 Å². The lowest BCUT2D eigenvalue weighted by Gasteiger charge is -2.67. The number of carbonyl (C=O) groups is 10. The van der Waals surface area contributed by atoms with Crippen LogP contribution in [0, 0.1) is 28.6 Å². The summed E-state index contributed by atoms with van der Waals surface area (Å²) in [6, 6.07) is 13.8. The first kappa shape index (κ1) is 63.6. The Morgan fingerprint density at radius 2 is 1.45 bits per heavy atom. The van der Waals surface area contributed by atoms with Gasteiger partial charge < -0.3 is 58.4 Å². The maximum Gasteiger partial charge on any atom is 0.350 e. The summed E-state index contributed by atoms with van der Waals surface area (Å²) in [5.74, 6) is -12.1. The second kappa shape index (κ2) is 25.9. The molecule has 0 radical (unpaired) electrons. The normalized spacial score (nSPS) is 27.0. The summed E-state index contributed by atoms with van der Waals surface area (Å²) in [6.45, 7) is 14.7. The number of Topliss-reactive ketones (excluding diaryl/α,β-unsaturated/α-hetero) is 1. The molecule has 2 bridgehead atoms. The van der Waals surface area contributed by atoms with Crippen LogP contribution in [0.4, 0.5) is 0 Å². The molecule has 0 unspecified atom stereocenters. The Hall–Kier alpha value is -7.98. The van der Waals surface area contributed by atoms with Crippen LogP contribution in [-0.4, -0.2) is 130 Å². The summed E-state index contributed by atoms with van der Waals surface area (Å²) >= 11 is 0. The number of amides is 2. The molecule has 4 aliphatic rings. The van der Waals surface area contributed by atoms with Crippen LogP contribution in [0.1, 0.15) is 135 Å². The number of carbonyl (C=O) groups excluding carboxylic acids is 9. The average Bonchev–Trinajstić information content (AvgIpc) is 3.74.